The van der Waals surface area contributed by atoms with Gasteiger partial charge in [0.1, 0.15) is 23.3 Å². The first-order valence-corrected chi connectivity index (χ1v) is 11.9. The molecule has 2 N–H and O–H groups in total. The molecule has 8 nitrogen and oxygen atoms in total. The molecule has 1 aliphatic carbocycles. The van der Waals surface area contributed by atoms with E-state index in [9.17, 15) is 4.79 Å². The molecule has 3 aliphatic rings. The molecule has 2 unspecified atom stereocenters. The van der Waals surface area contributed by atoms with E-state index < -0.39 is 0 Å². The summed E-state index contributed by atoms with van der Waals surface area (Å²) in [4.78, 5) is 23.8. The highest BCUT2D eigenvalue weighted by Crippen LogP contribution is 2.29. The van der Waals surface area contributed by atoms with Crippen molar-refractivity contribution in [1.29, 1.82) is 5.26 Å². The first kappa shape index (κ1) is 21.9. The Hall–Kier alpha value is -2.89. The fourth-order valence-corrected chi connectivity index (χ4v) is 5.29. The number of rotatable bonds is 5. The van der Waals surface area contributed by atoms with Gasteiger partial charge in [0.25, 0.3) is 5.91 Å². The zero-order valence-electron chi connectivity index (χ0n) is 18.3. The summed E-state index contributed by atoms with van der Waals surface area (Å²) in [5, 5.41) is 15.9. The van der Waals surface area contributed by atoms with E-state index in [1.54, 1.807) is 30.6 Å². The van der Waals surface area contributed by atoms with E-state index in [-0.39, 0.29) is 18.1 Å². The number of carbonyl (C=O) groups is 1. The third kappa shape index (κ3) is 4.90. The molecule has 3 heterocycles. The number of anilines is 1. The van der Waals surface area contributed by atoms with Crippen molar-refractivity contribution in [3.05, 3.63) is 46.9 Å². The molecule has 2 aliphatic heterocycles. The molecule has 0 radical (unpaired) electrons. The summed E-state index contributed by atoms with van der Waals surface area (Å²) in [5.74, 6) is 2.70. The van der Waals surface area contributed by atoms with Crippen LogP contribution in [0, 0.1) is 23.2 Å². The molecule has 2 saturated heterocycles. The van der Waals surface area contributed by atoms with Gasteiger partial charge in [0.2, 0.25) is 0 Å². The lowest BCUT2D eigenvalue weighted by Gasteiger charge is -2.29. The molecule has 5 rings (SSSR count). The van der Waals surface area contributed by atoms with Crippen LogP contribution in [0.2, 0.25) is 5.02 Å². The van der Waals surface area contributed by atoms with E-state index in [1.165, 1.54) is 0 Å². The second-order valence-electron chi connectivity index (χ2n) is 9.16. The third-order valence-electron chi connectivity index (χ3n) is 6.96. The highest BCUT2D eigenvalue weighted by atomic mass is 35.5. The van der Waals surface area contributed by atoms with Gasteiger partial charge in [0, 0.05) is 38.3 Å². The van der Waals surface area contributed by atoms with Crippen LogP contribution in [0.1, 0.15) is 41.7 Å². The van der Waals surface area contributed by atoms with E-state index in [0.29, 0.717) is 33.9 Å². The van der Waals surface area contributed by atoms with E-state index in [4.69, 9.17) is 21.6 Å². The standard InChI is InChI=1S/C24H27ClN6O2/c25-21-7-20(4-1-15(21)8-26)33-19-5-2-18(3-6-19)30-24(32)22-11-29-23(12-28-22)31-13-16-9-27-10-17(16)14-31/h1,4,7,11-12,16-19,27H,2-3,5-6,9-10,13-14H2,(H,30,32). The Morgan fingerprint density at radius 1 is 1.15 bits per heavy atom. The Morgan fingerprint density at radius 2 is 1.91 bits per heavy atom. The number of aromatic nitrogens is 2. The number of ether oxygens (including phenoxy) is 1. The van der Waals surface area contributed by atoms with Crippen LogP contribution < -0.4 is 20.3 Å². The first-order chi connectivity index (χ1) is 16.1. The lowest BCUT2D eigenvalue weighted by molar-refractivity contribution is 0.0888. The zero-order chi connectivity index (χ0) is 22.8. The molecule has 1 aromatic heterocycles. The molecule has 2 aromatic rings. The minimum absolute atomic E-state index is 0.0661. The van der Waals surface area contributed by atoms with E-state index in [0.717, 1.165) is 57.7 Å². The predicted octanol–water partition coefficient (Wildman–Crippen LogP) is 2.78. The second-order valence-corrected chi connectivity index (χ2v) is 9.57. The van der Waals surface area contributed by atoms with Gasteiger partial charge in [0.15, 0.2) is 0 Å². The summed E-state index contributed by atoms with van der Waals surface area (Å²) in [6.07, 6.45) is 6.69. The van der Waals surface area contributed by atoms with Crippen molar-refractivity contribution >= 4 is 23.3 Å². The maximum atomic E-state index is 12.7. The lowest BCUT2D eigenvalue weighted by Crippen LogP contribution is -2.40. The average molecular weight is 467 g/mol. The fourth-order valence-electron chi connectivity index (χ4n) is 5.08. The van der Waals surface area contributed by atoms with Gasteiger partial charge < -0.3 is 20.3 Å². The molecule has 1 aromatic carbocycles. The van der Waals surface area contributed by atoms with Crippen LogP contribution in [0.3, 0.4) is 0 Å². The van der Waals surface area contributed by atoms with Crippen molar-refractivity contribution < 1.29 is 9.53 Å². The van der Waals surface area contributed by atoms with Crippen molar-refractivity contribution in [3.63, 3.8) is 0 Å². The van der Waals surface area contributed by atoms with E-state index >= 15 is 0 Å². The van der Waals surface area contributed by atoms with Crippen LogP contribution in [-0.2, 0) is 0 Å². The number of carbonyl (C=O) groups excluding carboxylic acids is 1. The minimum Gasteiger partial charge on any atom is -0.490 e. The Balaban J connectivity index is 1.09. The Labute approximate surface area is 198 Å². The number of fused-ring (bicyclic) bond motifs is 1. The van der Waals surface area contributed by atoms with Crippen LogP contribution in [0.25, 0.3) is 0 Å². The van der Waals surface area contributed by atoms with Crippen LogP contribution in [-0.4, -0.2) is 54.2 Å². The monoisotopic (exact) mass is 466 g/mol. The molecular weight excluding hydrogens is 440 g/mol. The van der Waals surface area contributed by atoms with Gasteiger partial charge in [-0.3, -0.25) is 4.79 Å². The highest BCUT2D eigenvalue weighted by molar-refractivity contribution is 6.31. The van der Waals surface area contributed by atoms with Gasteiger partial charge in [-0.1, -0.05) is 11.6 Å². The van der Waals surface area contributed by atoms with Gasteiger partial charge in [0.05, 0.1) is 29.1 Å². The highest BCUT2D eigenvalue weighted by Gasteiger charge is 2.36. The van der Waals surface area contributed by atoms with Crippen molar-refractivity contribution in [3.8, 4) is 11.8 Å². The number of amides is 1. The molecule has 172 valence electrons. The van der Waals surface area contributed by atoms with Crippen LogP contribution in [0.5, 0.6) is 5.75 Å². The van der Waals surface area contributed by atoms with Gasteiger partial charge in [-0.05, 0) is 49.7 Å². The Kier molecular flexibility index (Phi) is 6.34. The molecule has 2 atom stereocenters. The number of halogens is 1. The van der Waals surface area contributed by atoms with Crippen molar-refractivity contribution in [2.75, 3.05) is 31.1 Å². The van der Waals surface area contributed by atoms with Crippen molar-refractivity contribution in [2.45, 2.75) is 37.8 Å². The minimum atomic E-state index is -0.181. The van der Waals surface area contributed by atoms with Crippen molar-refractivity contribution in [1.82, 2.24) is 20.6 Å². The molecule has 0 spiro atoms. The third-order valence-corrected chi connectivity index (χ3v) is 7.27. The zero-order valence-corrected chi connectivity index (χ0v) is 19.1. The number of benzene rings is 1. The second kappa shape index (κ2) is 9.54. The Bertz CT molecular complexity index is 1040. The number of nitrogens with zero attached hydrogens (tertiary/aromatic N) is 4. The van der Waals surface area contributed by atoms with Crippen LogP contribution >= 0.6 is 11.6 Å². The summed E-state index contributed by atoms with van der Waals surface area (Å²) in [6, 6.07) is 7.26. The molecule has 1 saturated carbocycles. The van der Waals surface area contributed by atoms with Gasteiger partial charge >= 0.3 is 0 Å². The smallest absolute Gasteiger partial charge is 0.271 e. The summed E-state index contributed by atoms with van der Waals surface area (Å²) >= 11 is 6.09. The number of hydrogen-bond acceptors (Lipinski definition) is 7. The number of hydrogen-bond donors (Lipinski definition) is 2. The molecule has 1 amide bonds. The summed E-state index contributed by atoms with van der Waals surface area (Å²) in [6.45, 7) is 4.14. The van der Waals surface area contributed by atoms with Gasteiger partial charge in [-0.15, -0.1) is 0 Å². The lowest BCUT2D eigenvalue weighted by atomic mass is 9.93. The maximum absolute atomic E-state index is 12.7. The van der Waals surface area contributed by atoms with Crippen LogP contribution in [0.4, 0.5) is 5.82 Å². The molecule has 3 fully saturated rings. The quantitative estimate of drug-likeness (QED) is 0.698. The van der Waals surface area contributed by atoms with Crippen LogP contribution in [0.15, 0.2) is 30.6 Å². The largest absolute Gasteiger partial charge is 0.490 e. The number of nitrogens with one attached hydrogen (secondary N) is 2. The summed E-state index contributed by atoms with van der Waals surface area (Å²) in [5.41, 5.74) is 0.789. The normalized spacial score (nSPS) is 26.5. The van der Waals surface area contributed by atoms with E-state index in [1.807, 2.05) is 6.07 Å². The van der Waals surface area contributed by atoms with E-state index in [2.05, 4.69) is 25.5 Å². The molecule has 9 heteroatoms. The van der Waals surface area contributed by atoms with Gasteiger partial charge in [-0.25, -0.2) is 9.97 Å². The number of nitriles is 1. The van der Waals surface area contributed by atoms with Crippen molar-refractivity contribution in [2.24, 2.45) is 11.8 Å². The fraction of sp³-hybridized carbons (Fsp3) is 0.500. The molecule has 0 bridgehead atoms. The maximum Gasteiger partial charge on any atom is 0.271 e. The molecule has 33 heavy (non-hydrogen) atoms. The average Bonchev–Trinajstić information content (AvgIpc) is 3.43. The molecular formula is C24H27ClN6O2. The topological polar surface area (TPSA) is 103 Å². The van der Waals surface area contributed by atoms with Gasteiger partial charge in [-0.2, -0.15) is 5.26 Å². The first-order valence-electron chi connectivity index (χ1n) is 11.5. The SMILES string of the molecule is N#Cc1ccc(OC2CCC(NC(=O)c3cnc(N4CC5CNCC5C4)cn3)CC2)cc1Cl. The summed E-state index contributed by atoms with van der Waals surface area (Å²) < 4.78 is 6.03. The predicted molar refractivity (Wildman–Crippen MR) is 124 cm³/mol. The summed E-state index contributed by atoms with van der Waals surface area (Å²) in [7, 11) is 0. The Morgan fingerprint density at radius 3 is 2.55 bits per heavy atom.